The number of benzene rings is 1. The molecule has 0 amide bonds. The van der Waals surface area contributed by atoms with Crippen molar-refractivity contribution in [2.75, 3.05) is 13.2 Å². The van der Waals surface area contributed by atoms with Crippen molar-refractivity contribution < 1.29 is 37.7 Å². The third-order valence-electron chi connectivity index (χ3n) is 10.9. The molecule has 8 nitrogen and oxygen atoms in total. The Balaban J connectivity index is 1.55. The minimum atomic E-state index is -1.89. The molecule has 3 aliphatic heterocycles. The number of cyclic esters (lactones) is 1. The van der Waals surface area contributed by atoms with Crippen LogP contribution in [-0.2, 0) is 44.3 Å². The largest absolute Gasteiger partial charge is 0.462 e. The first-order chi connectivity index (χ1) is 20.9. The fourth-order valence-electron chi connectivity index (χ4n) is 6.89. The number of carbonyl (C=O) groups excluding carboxylic acids is 2. The summed E-state index contributed by atoms with van der Waals surface area (Å²) in [4.78, 5) is 26.7. The highest BCUT2D eigenvalue weighted by atomic mass is 28.4. The Hall–Kier alpha value is -1.78. The lowest BCUT2D eigenvalue weighted by Crippen LogP contribution is -2.65. The van der Waals surface area contributed by atoms with Gasteiger partial charge in [0.2, 0.25) is 0 Å². The average molecular weight is 647 g/mol. The Morgan fingerprint density at radius 3 is 2.29 bits per heavy atom. The predicted molar refractivity (Wildman–Crippen MR) is 176 cm³/mol. The molecule has 0 aliphatic carbocycles. The smallest absolute Gasteiger partial charge is 0.309 e. The number of hydrogen-bond acceptors (Lipinski definition) is 8. The van der Waals surface area contributed by atoms with Crippen LogP contribution in [-0.4, -0.2) is 63.7 Å². The second-order valence-electron chi connectivity index (χ2n) is 16.0. The molecule has 0 N–H and O–H groups in total. The van der Waals surface area contributed by atoms with Crippen molar-refractivity contribution in [3.63, 3.8) is 0 Å². The summed E-state index contributed by atoms with van der Waals surface area (Å²) in [5.41, 5.74) is 0.638. The average Bonchev–Trinajstić information content (AvgIpc) is 2.92. The van der Waals surface area contributed by atoms with E-state index in [1.165, 1.54) is 0 Å². The summed E-state index contributed by atoms with van der Waals surface area (Å²) >= 11 is 0. The quantitative estimate of drug-likeness (QED) is 0.202. The Labute approximate surface area is 272 Å². The second kappa shape index (κ2) is 14.1. The molecule has 1 aromatic rings. The molecular weight excluding hydrogens is 588 g/mol. The second-order valence-corrected chi connectivity index (χ2v) is 20.9. The molecule has 254 valence electrons. The topological polar surface area (TPSA) is 89.5 Å². The molecule has 4 rings (SSSR count). The number of fused-ring (bicyclic) bond motifs is 2. The Morgan fingerprint density at radius 2 is 1.62 bits per heavy atom. The van der Waals surface area contributed by atoms with Crippen LogP contribution < -0.4 is 0 Å². The zero-order valence-electron chi connectivity index (χ0n) is 29.4. The van der Waals surface area contributed by atoms with Crippen molar-refractivity contribution in [1.82, 2.24) is 0 Å². The number of rotatable bonds is 9. The van der Waals surface area contributed by atoms with Gasteiger partial charge in [0.05, 0.1) is 38.3 Å². The molecule has 45 heavy (non-hydrogen) atoms. The summed E-state index contributed by atoms with van der Waals surface area (Å²) in [5, 5.41) is 0.135. The van der Waals surface area contributed by atoms with Crippen LogP contribution in [0.2, 0.25) is 18.1 Å². The third-order valence-corrected chi connectivity index (χ3v) is 15.4. The van der Waals surface area contributed by atoms with Crippen LogP contribution in [0.4, 0.5) is 0 Å². The third kappa shape index (κ3) is 8.58. The van der Waals surface area contributed by atoms with E-state index in [0.29, 0.717) is 19.6 Å². The minimum Gasteiger partial charge on any atom is -0.462 e. The van der Waals surface area contributed by atoms with Crippen LogP contribution in [0.3, 0.4) is 0 Å². The van der Waals surface area contributed by atoms with E-state index in [1.54, 1.807) is 0 Å². The lowest BCUT2D eigenvalue weighted by molar-refractivity contribution is -0.393. The SMILES string of the molecule is C[C@@H]1[C@@H]([C@@H](C)CCO[Si](C)(C)C(C)(C)C)O[C@@]23C[C@@H]1OC(=O)C[C@H](COCc1ccccc1)OC(=O)C[C@H](O2)[C@H](C)CC3(C)C. The van der Waals surface area contributed by atoms with Crippen LogP contribution in [0.1, 0.15) is 93.1 Å². The molecule has 3 heterocycles. The van der Waals surface area contributed by atoms with Crippen LogP contribution >= 0.6 is 0 Å². The van der Waals surface area contributed by atoms with Gasteiger partial charge in [-0.05, 0) is 48.4 Å². The summed E-state index contributed by atoms with van der Waals surface area (Å²) < 4.78 is 38.5. The van der Waals surface area contributed by atoms with Crippen molar-refractivity contribution in [1.29, 1.82) is 0 Å². The maximum absolute atomic E-state index is 13.5. The van der Waals surface area contributed by atoms with Gasteiger partial charge in [-0.3, -0.25) is 9.59 Å². The van der Waals surface area contributed by atoms with E-state index < -0.39 is 38.3 Å². The molecule has 1 aromatic carbocycles. The summed E-state index contributed by atoms with van der Waals surface area (Å²) in [5.74, 6) is -1.62. The van der Waals surface area contributed by atoms with Gasteiger partial charge in [-0.15, -0.1) is 0 Å². The molecule has 3 aliphatic rings. The number of hydrogen-bond donors (Lipinski definition) is 0. The highest BCUT2D eigenvalue weighted by Crippen LogP contribution is 2.55. The van der Waals surface area contributed by atoms with Gasteiger partial charge in [0, 0.05) is 24.4 Å². The lowest BCUT2D eigenvalue weighted by atomic mass is 9.67. The molecule has 3 fully saturated rings. The van der Waals surface area contributed by atoms with Crippen LogP contribution in [0.5, 0.6) is 0 Å². The number of carbonyl (C=O) groups is 2. The molecule has 9 heteroatoms. The minimum absolute atomic E-state index is 0.0575. The fraction of sp³-hybridized carbons (Fsp3) is 0.778. The first kappa shape index (κ1) is 36.1. The Kier molecular flexibility index (Phi) is 11.3. The number of ether oxygens (including phenoxy) is 5. The fourth-order valence-corrected chi connectivity index (χ4v) is 7.95. The predicted octanol–water partition coefficient (Wildman–Crippen LogP) is 7.44. The number of esters is 2. The van der Waals surface area contributed by atoms with E-state index in [1.807, 2.05) is 30.3 Å². The van der Waals surface area contributed by atoms with Crippen molar-refractivity contribution in [2.24, 2.45) is 23.2 Å². The van der Waals surface area contributed by atoms with Crippen molar-refractivity contribution >= 4 is 20.3 Å². The van der Waals surface area contributed by atoms with Crippen molar-refractivity contribution in [2.45, 2.75) is 142 Å². The molecule has 0 unspecified atom stereocenters. The molecule has 0 aromatic heterocycles. The van der Waals surface area contributed by atoms with Gasteiger partial charge in [0.15, 0.2) is 14.1 Å². The van der Waals surface area contributed by atoms with Gasteiger partial charge in [-0.2, -0.15) is 0 Å². The monoisotopic (exact) mass is 646 g/mol. The molecule has 0 radical (unpaired) electrons. The van der Waals surface area contributed by atoms with Crippen molar-refractivity contribution in [3.8, 4) is 0 Å². The van der Waals surface area contributed by atoms with Crippen molar-refractivity contribution in [3.05, 3.63) is 35.9 Å². The molecule has 8 atom stereocenters. The Bertz CT molecular complexity index is 1140. The molecule has 3 saturated heterocycles. The Morgan fingerprint density at radius 1 is 0.956 bits per heavy atom. The van der Waals surface area contributed by atoms with Crippen LogP contribution in [0.15, 0.2) is 30.3 Å². The first-order valence-corrected chi connectivity index (χ1v) is 19.8. The summed E-state index contributed by atoms with van der Waals surface area (Å²) in [7, 11) is -1.89. The van der Waals surface area contributed by atoms with Crippen LogP contribution in [0, 0.1) is 23.2 Å². The molecular formula is C36H58O8Si. The van der Waals surface area contributed by atoms with E-state index in [0.717, 1.165) is 18.4 Å². The zero-order chi connectivity index (χ0) is 33.2. The normalized spacial score (nSPS) is 33.3. The highest BCUT2D eigenvalue weighted by Gasteiger charge is 2.61. The first-order valence-electron chi connectivity index (χ1n) is 16.9. The van der Waals surface area contributed by atoms with Crippen LogP contribution in [0.25, 0.3) is 0 Å². The van der Waals surface area contributed by atoms with Gasteiger partial charge >= 0.3 is 11.9 Å². The standard InChI is InChI=1S/C36H58O8Si/c1-24(16-17-40-45(9,10)34(4,5)6)33-26(3)30-21-36(44-33)35(7,8)20-25(2)29(43-36)19-32(38)41-28(18-31(37)42-30)23-39-22-27-14-12-11-13-15-27/h11-15,24-26,28-30,33H,16-23H2,1-10H3/t24-,25+,26-,28+,29-,30-,33+,36+/m0/s1. The van der Waals surface area contributed by atoms with E-state index in [4.69, 9.17) is 28.1 Å². The summed E-state index contributed by atoms with van der Waals surface area (Å²) in [6.07, 6.45) is 0.330. The van der Waals surface area contributed by atoms with Gasteiger partial charge < -0.3 is 28.1 Å². The summed E-state index contributed by atoms with van der Waals surface area (Å²) in [6, 6.07) is 9.79. The molecule has 0 saturated carbocycles. The van der Waals surface area contributed by atoms with E-state index in [2.05, 4.69) is 68.5 Å². The zero-order valence-corrected chi connectivity index (χ0v) is 30.4. The van der Waals surface area contributed by atoms with E-state index >= 15 is 0 Å². The van der Waals surface area contributed by atoms with E-state index in [9.17, 15) is 9.59 Å². The molecule has 3 bridgehead atoms. The highest BCUT2D eigenvalue weighted by molar-refractivity contribution is 6.74. The van der Waals surface area contributed by atoms with Gasteiger partial charge in [0.25, 0.3) is 0 Å². The van der Waals surface area contributed by atoms with Gasteiger partial charge in [-0.25, -0.2) is 0 Å². The molecule has 1 spiro atoms. The maximum Gasteiger partial charge on any atom is 0.309 e. The van der Waals surface area contributed by atoms with Gasteiger partial charge in [0.1, 0.15) is 12.2 Å². The van der Waals surface area contributed by atoms with E-state index in [-0.39, 0.29) is 59.9 Å². The van der Waals surface area contributed by atoms with Gasteiger partial charge in [-0.1, -0.05) is 85.7 Å². The maximum atomic E-state index is 13.5. The summed E-state index contributed by atoms with van der Waals surface area (Å²) in [6.45, 7) is 23.2. The lowest BCUT2D eigenvalue weighted by Gasteiger charge is -2.59.